The largest absolute Gasteiger partial charge is 0.374 e. The Bertz CT molecular complexity index is 1910. The molecule has 7 rings (SSSR count). The Kier molecular flexibility index (Phi) is 10.3. The van der Waals surface area contributed by atoms with Crippen molar-refractivity contribution in [1.82, 2.24) is 0 Å². The van der Waals surface area contributed by atoms with Crippen LogP contribution in [0.25, 0.3) is 0 Å². The molecule has 0 radical (unpaired) electrons. The Morgan fingerprint density at radius 1 is 0.275 bits per heavy atom. The molecule has 0 fully saturated rings. The van der Waals surface area contributed by atoms with E-state index in [2.05, 4.69) is 219 Å². The molecule has 3 heteroatoms. The molecule has 0 saturated carbocycles. The maximum Gasteiger partial charge on any atom is 0.0767 e. The van der Waals surface area contributed by atoms with Crippen LogP contribution in [0.1, 0.15) is 68.2 Å². The fraction of sp³-hybridized carbons (Fsp3) is 0.125. The van der Waals surface area contributed by atoms with Gasteiger partial charge in [0.2, 0.25) is 0 Å². The highest BCUT2D eigenvalue weighted by atomic mass is 15.0. The fourth-order valence-corrected chi connectivity index (χ4v) is 6.94. The van der Waals surface area contributed by atoms with Gasteiger partial charge < -0.3 is 16.0 Å². The molecule has 0 aliphatic carbocycles. The number of rotatable bonds is 12. The third-order valence-corrected chi connectivity index (χ3v) is 9.39. The van der Waals surface area contributed by atoms with E-state index < -0.39 is 0 Å². The molecule has 7 aromatic carbocycles. The molecule has 0 aliphatic rings. The zero-order valence-corrected chi connectivity index (χ0v) is 29.6. The predicted octanol–water partition coefficient (Wildman–Crippen LogP) is 12.2. The highest BCUT2D eigenvalue weighted by Crippen LogP contribution is 2.36. The summed E-state index contributed by atoms with van der Waals surface area (Å²) < 4.78 is 0. The van der Waals surface area contributed by atoms with E-state index >= 15 is 0 Å². The summed E-state index contributed by atoms with van der Waals surface area (Å²) in [5.74, 6) is 0. The summed E-state index contributed by atoms with van der Waals surface area (Å²) in [7, 11) is 0. The number of hydrogen-bond donors (Lipinski definition) is 3. The Morgan fingerprint density at radius 2 is 0.529 bits per heavy atom. The summed E-state index contributed by atoms with van der Waals surface area (Å²) in [5.41, 5.74) is 14.1. The Hall–Kier alpha value is -6.06. The zero-order valence-electron chi connectivity index (χ0n) is 29.6. The highest BCUT2D eigenvalue weighted by Gasteiger charge is 2.20. The van der Waals surface area contributed by atoms with Crippen LogP contribution in [0.2, 0.25) is 0 Å². The van der Waals surface area contributed by atoms with Crippen LogP contribution in [-0.4, -0.2) is 0 Å². The van der Waals surface area contributed by atoms with Gasteiger partial charge in [-0.25, -0.2) is 0 Å². The fourth-order valence-electron chi connectivity index (χ4n) is 6.94. The van der Waals surface area contributed by atoms with Crippen molar-refractivity contribution in [2.75, 3.05) is 16.0 Å². The van der Waals surface area contributed by atoms with Crippen LogP contribution < -0.4 is 16.0 Å². The first-order chi connectivity index (χ1) is 25.0. The second kappa shape index (κ2) is 15.7. The minimum absolute atomic E-state index is 0.0439. The van der Waals surface area contributed by atoms with E-state index in [1.807, 2.05) is 0 Å². The van der Waals surface area contributed by atoms with E-state index in [1.165, 1.54) is 50.1 Å². The van der Waals surface area contributed by atoms with Crippen LogP contribution >= 0.6 is 0 Å². The van der Waals surface area contributed by atoms with Crippen LogP contribution in [0.4, 0.5) is 17.1 Å². The van der Waals surface area contributed by atoms with Crippen molar-refractivity contribution in [3.05, 3.63) is 232 Å². The van der Waals surface area contributed by atoms with Crippen molar-refractivity contribution in [3.63, 3.8) is 0 Å². The van der Waals surface area contributed by atoms with E-state index in [9.17, 15) is 0 Å². The highest BCUT2D eigenvalue weighted by molar-refractivity contribution is 5.70. The van der Waals surface area contributed by atoms with Crippen LogP contribution in [0.15, 0.2) is 182 Å². The first-order valence-corrected chi connectivity index (χ1v) is 17.8. The number of nitrogens with one attached hydrogen (secondary N) is 3. The molecule has 51 heavy (non-hydrogen) atoms. The van der Waals surface area contributed by atoms with E-state index in [4.69, 9.17) is 0 Å². The van der Waals surface area contributed by atoms with Gasteiger partial charge in [-0.2, -0.15) is 0 Å². The van der Waals surface area contributed by atoms with Gasteiger partial charge in [0.05, 0.1) is 18.1 Å². The molecule has 0 saturated heterocycles. The van der Waals surface area contributed by atoms with Gasteiger partial charge in [-0.1, -0.05) is 180 Å². The van der Waals surface area contributed by atoms with Crippen molar-refractivity contribution >= 4 is 17.1 Å². The molecule has 3 atom stereocenters. The quantitative estimate of drug-likeness (QED) is 0.122. The third-order valence-electron chi connectivity index (χ3n) is 9.39. The van der Waals surface area contributed by atoms with Gasteiger partial charge in [-0.05, 0) is 72.4 Å². The number of aryl methyl sites for hydroxylation is 3. The zero-order chi connectivity index (χ0) is 35.0. The third kappa shape index (κ3) is 8.40. The first kappa shape index (κ1) is 33.4. The standard InChI is InChI=1S/C48H45N3/c1-34-16-13-25-40(28-34)46(37-19-7-4-8-20-37)49-43-31-44(50-47(38-21-9-5-10-22-38)41-26-14-17-35(2)29-41)33-45(32-43)51-48(39-23-11-6-12-24-39)42-27-15-18-36(3)30-42/h4-33,46-51H,1-3H3. The van der Waals surface area contributed by atoms with E-state index in [-0.39, 0.29) is 18.1 Å². The molecule has 252 valence electrons. The van der Waals surface area contributed by atoms with Gasteiger partial charge in [-0.15, -0.1) is 0 Å². The average molecular weight is 664 g/mol. The molecular formula is C48H45N3. The number of hydrogen-bond acceptors (Lipinski definition) is 3. The van der Waals surface area contributed by atoms with Gasteiger partial charge in [-0.3, -0.25) is 0 Å². The molecule has 0 bridgehead atoms. The second-order valence-corrected chi connectivity index (χ2v) is 13.5. The lowest BCUT2D eigenvalue weighted by atomic mass is 9.95. The monoisotopic (exact) mass is 663 g/mol. The number of benzene rings is 7. The predicted molar refractivity (Wildman–Crippen MR) is 216 cm³/mol. The molecule has 0 heterocycles. The summed E-state index contributed by atoms with van der Waals surface area (Å²) in [6.07, 6.45) is 0. The lowest BCUT2D eigenvalue weighted by Crippen LogP contribution is -2.16. The van der Waals surface area contributed by atoms with Crippen LogP contribution in [0.5, 0.6) is 0 Å². The Labute approximate surface area is 303 Å². The molecule has 7 aromatic rings. The van der Waals surface area contributed by atoms with Crippen molar-refractivity contribution < 1.29 is 0 Å². The molecule has 0 spiro atoms. The smallest absolute Gasteiger partial charge is 0.0767 e. The van der Waals surface area contributed by atoms with Gasteiger partial charge in [0.1, 0.15) is 0 Å². The van der Waals surface area contributed by atoms with Gasteiger partial charge >= 0.3 is 0 Å². The molecule has 3 nitrogen and oxygen atoms in total. The summed E-state index contributed by atoms with van der Waals surface area (Å²) >= 11 is 0. The van der Waals surface area contributed by atoms with E-state index in [1.54, 1.807) is 0 Å². The molecule has 3 unspecified atom stereocenters. The van der Waals surface area contributed by atoms with Crippen LogP contribution in [-0.2, 0) is 0 Å². The summed E-state index contributed by atoms with van der Waals surface area (Å²) in [6.45, 7) is 6.46. The van der Waals surface area contributed by atoms with Crippen molar-refractivity contribution in [1.29, 1.82) is 0 Å². The number of anilines is 3. The van der Waals surface area contributed by atoms with Gasteiger partial charge in [0.15, 0.2) is 0 Å². The minimum atomic E-state index is -0.0439. The Balaban J connectivity index is 1.34. The average Bonchev–Trinajstić information content (AvgIpc) is 3.16. The summed E-state index contributed by atoms with van der Waals surface area (Å²) in [4.78, 5) is 0. The molecule has 0 aliphatic heterocycles. The van der Waals surface area contributed by atoms with Crippen molar-refractivity contribution in [3.8, 4) is 0 Å². The second-order valence-electron chi connectivity index (χ2n) is 13.5. The lowest BCUT2D eigenvalue weighted by Gasteiger charge is -2.27. The van der Waals surface area contributed by atoms with Crippen molar-refractivity contribution in [2.45, 2.75) is 38.9 Å². The maximum absolute atomic E-state index is 3.96. The first-order valence-electron chi connectivity index (χ1n) is 17.8. The topological polar surface area (TPSA) is 36.1 Å². The summed E-state index contributed by atoms with van der Waals surface area (Å²) in [6, 6.07) is 65.1. The molecule has 0 amide bonds. The maximum atomic E-state index is 3.96. The minimum Gasteiger partial charge on any atom is -0.374 e. The molecule has 0 aromatic heterocycles. The summed E-state index contributed by atoms with van der Waals surface area (Å²) in [5, 5.41) is 11.9. The van der Waals surface area contributed by atoms with E-state index in [0.29, 0.717) is 0 Å². The van der Waals surface area contributed by atoms with Crippen molar-refractivity contribution in [2.24, 2.45) is 0 Å². The van der Waals surface area contributed by atoms with Gasteiger partial charge in [0, 0.05) is 17.1 Å². The molecule has 3 N–H and O–H groups in total. The van der Waals surface area contributed by atoms with Crippen LogP contribution in [0.3, 0.4) is 0 Å². The Morgan fingerprint density at radius 3 is 0.784 bits per heavy atom. The lowest BCUT2D eigenvalue weighted by molar-refractivity contribution is 0.922. The van der Waals surface area contributed by atoms with E-state index in [0.717, 1.165) is 17.1 Å². The van der Waals surface area contributed by atoms with Gasteiger partial charge in [0.25, 0.3) is 0 Å². The molecular weight excluding hydrogens is 619 g/mol. The van der Waals surface area contributed by atoms with Crippen LogP contribution in [0, 0.1) is 20.8 Å². The SMILES string of the molecule is Cc1cccc(C(Nc2cc(NC(c3ccccc3)c3cccc(C)c3)cc(NC(c3ccccc3)c3cccc(C)c3)c2)c2ccccc2)c1. The normalized spacial score (nSPS) is 12.8.